The van der Waals surface area contributed by atoms with Gasteiger partial charge in [0.2, 0.25) is 5.91 Å². The zero-order valence-electron chi connectivity index (χ0n) is 14.2. The first-order valence-corrected chi connectivity index (χ1v) is 8.68. The standard InChI is InChI=1S/C20H16ClF2NO3/c21-14-6-7-15(22)18(19(14)23)13-8-9-24(17(25)11-13)16(20(26)27)10-12-4-2-1-3-5-12/h1-7,11,16H,8-10H2,(H,26,27). The van der Waals surface area contributed by atoms with Crippen molar-refractivity contribution in [1.29, 1.82) is 0 Å². The third-order valence-corrected chi connectivity index (χ3v) is 4.79. The van der Waals surface area contributed by atoms with Crippen molar-refractivity contribution in [3.8, 4) is 0 Å². The zero-order chi connectivity index (χ0) is 19.6. The van der Waals surface area contributed by atoms with Gasteiger partial charge in [-0.2, -0.15) is 0 Å². The molecular formula is C20H16ClF2NO3. The number of rotatable bonds is 5. The number of nitrogens with zero attached hydrogens (tertiary/aromatic N) is 1. The topological polar surface area (TPSA) is 57.6 Å². The van der Waals surface area contributed by atoms with Gasteiger partial charge in [0.25, 0.3) is 0 Å². The fourth-order valence-electron chi connectivity index (χ4n) is 3.15. The lowest BCUT2D eigenvalue weighted by atomic mass is 9.96. The quantitative estimate of drug-likeness (QED) is 0.786. The van der Waals surface area contributed by atoms with Crippen LogP contribution in [0.15, 0.2) is 48.5 Å². The summed E-state index contributed by atoms with van der Waals surface area (Å²) in [5.41, 5.74) is 0.599. The van der Waals surface area contributed by atoms with E-state index in [2.05, 4.69) is 0 Å². The zero-order valence-corrected chi connectivity index (χ0v) is 14.9. The van der Waals surface area contributed by atoms with Crippen LogP contribution in [-0.4, -0.2) is 34.5 Å². The molecule has 1 amide bonds. The largest absolute Gasteiger partial charge is 0.480 e. The van der Waals surface area contributed by atoms with Gasteiger partial charge in [0.05, 0.1) is 10.6 Å². The molecule has 4 nitrogen and oxygen atoms in total. The third-order valence-electron chi connectivity index (χ3n) is 4.50. The molecule has 0 aliphatic carbocycles. The molecule has 0 spiro atoms. The smallest absolute Gasteiger partial charge is 0.326 e. The van der Waals surface area contributed by atoms with Crippen molar-refractivity contribution in [1.82, 2.24) is 4.90 Å². The van der Waals surface area contributed by atoms with Crippen LogP contribution in [-0.2, 0) is 16.0 Å². The summed E-state index contributed by atoms with van der Waals surface area (Å²) in [6.07, 6.45) is 1.35. The molecule has 0 saturated carbocycles. The van der Waals surface area contributed by atoms with Gasteiger partial charge < -0.3 is 10.0 Å². The van der Waals surface area contributed by atoms with Crippen LogP contribution in [0.2, 0.25) is 5.02 Å². The van der Waals surface area contributed by atoms with Gasteiger partial charge in [-0.15, -0.1) is 0 Å². The molecule has 2 aromatic rings. The highest BCUT2D eigenvalue weighted by atomic mass is 35.5. The normalized spacial score (nSPS) is 15.4. The van der Waals surface area contributed by atoms with E-state index in [1.54, 1.807) is 24.3 Å². The highest BCUT2D eigenvalue weighted by molar-refractivity contribution is 6.31. The van der Waals surface area contributed by atoms with Crippen molar-refractivity contribution in [3.63, 3.8) is 0 Å². The first-order chi connectivity index (χ1) is 12.9. The Labute approximate surface area is 159 Å². The van der Waals surface area contributed by atoms with Crippen molar-refractivity contribution in [2.75, 3.05) is 6.54 Å². The molecule has 2 aromatic carbocycles. The summed E-state index contributed by atoms with van der Waals surface area (Å²) in [6, 6.07) is 10.0. The molecule has 1 aliphatic heterocycles. The van der Waals surface area contributed by atoms with Gasteiger partial charge in [0, 0.05) is 19.0 Å². The number of carboxylic acids is 1. The van der Waals surface area contributed by atoms with Crippen molar-refractivity contribution < 1.29 is 23.5 Å². The molecule has 0 aromatic heterocycles. The molecule has 140 valence electrons. The Morgan fingerprint density at radius 3 is 2.52 bits per heavy atom. The molecule has 27 heavy (non-hydrogen) atoms. The van der Waals surface area contributed by atoms with Crippen LogP contribution in [0.5, 0.6) is 0 Å². The number of hydrogen-bond donors (Lipinski definition) is 1. The Hall–Kier alpha value is -2.73. The summed E-state index contributed by atoms with van der Waals surface area (Å²) in [5.74, 6) is -3.48. The van der Waals surface area contributed by atoms with E-state index in [9.17, 15) is 23.5 Å². The van der Waals surface area contributed by atoms with Crippen LogP contribution in [0.25, 0.3) is 5.57 Å². The first kappa shape index (κ1) is 19.0. The maximum atomic E-state index is 14.2. The summed E-state index contributed by atoms with van der Waals surface area (Å²) in [7, 11) is 0. The van der Waals surface area contributed by atoms with E-state index in [0.29, 0.717) is 0 Å². The molecule has 0 bridgehead atoms. The average molecular weight is 392 g/mol. The minimum Gasteiger partial charge on any atom is -0.480 e. The Bertz CT molecular complexity index is 915. The van der Waals surface area contributed by atoms with E-state index in [4.69, 9.17) is 11.6 Å². The maximum Gasteiger partial charge on any atom is 0.326 e. The van der Waals surface area contributed by atoms with E-state index in [0.717, 1.165) is 23.8 Å². The molecular weight excluding hydrogens is 376 g/mol. The molecule has 1 heterocycles. The number of carboxylic acid groups (broad SMARTS) is 1. The van der Waals surface area contributed by atoms with Crippen LogP contribution in [0.4, 0.5) is 8.78 Å². The summed E-state index contributed by atoms with van der Waals surface area (Å²) in [6.45, 7) is 0.0415. The number of aliphatic carboxylic acids is 1. The number of carbonyl (C=O) groups excluding carboxylic acids is 1. The molecule has 0 saturated heterocycles. The monoisotopic (exact) mass is 391 g/mol. The van der Waals surface area contributed by atoms with Gasteiger partial charge in [0.15, 0.2) is 5.82 Å². The molecule has 1 atom stereocenters. The Morgan fingerprint density at radius 2 is 1.89 bits per heavy atom. The van der Waals surface area contributed by atoms with Crippen LogP contribution in [0, 0.1) is 11.6 Å². The Morgan fingerprint density at radius 1 is 1.19 bits per heavy atom. The fraction of sp³-hybridized carbons (Fsp3) is 0.200. The van der Waals surface area contributed by atoms with Crippen LogP contribution in [0.3, 0.4) is 0 Å². The van der Waals surface area contributed by atoms with Gasteiger partial charge in [-0.1, -0.05) is 41.9 Å². The van der Waals surface area contributed by atoms with Crippen molar-refractivity contribution in [2.24, 2.45) is 0 Å². The molecule has 7 heteroatoms. The van der Waals surface area contributed by atoms with E-state index in [1.807, 2.05) is 6.07 Å². The van der Waals surface area contributed by atoms with Crippen LogP contribution >= 0.6 is 11.6 Å². The van der Waals surface area contributed by atoms with E-state index >= 15 is 0 Å². The molecule has 3 rings (SSSR count). The van der Waals surface area contributed by atoms with Crippen molar-refractivity contribution in [2.45, 2.75) is 18.9 Å². The van der Waals surface area contributed by atoms with E-state index in [-0.39, 0.29) is 35.5 Å². The number of carbonyl (C=O) groups is 2. The average Bonchev–Trinajstić information content (AvgIpc) is 2.64. The first-order valence-electron chi connectivity index (χ1n) is 8.30. The number of halogens is 3. The maximum absolute atomic E-state index is 14.2. The lowest BCUT2D eigenvalue weighted by Gasteiger charge is -2.32. The summed E-state index contributed by atoms with van der Waals surface area (Å²) >= 11 is 5.71. The minimum absolute atomic E-state index is 0.0415. The molecule has 0 fully saturated rings. The van der Waals surface area contributed by atoms with Gasteiger partial charge in [-0.3, -0.25) is 4.79 Å². The van der Waals surface area contributed by atoms with E-state index in [1.165, 1.54) is 4.90 Å². The number of amides is 1. The summed E-state index contributed by atoms with van der Waals surface area (Å²) < 4.78 is 28.3. The van der Waals surface area contributed by atoms with Crippen molar-refractivity contribution >= 4 is 29.1 Å². The van der Waals surface area contributed by atoms with Gasteiger partial charge >= 0.3 is 5.97 Å². The molecule has 0 radical (unpaired) electrons. The Balaban J connectivity index is 1.88. The van der Waals surface area contributed by atoms with Crippen LogP contribution in [0.1, 0.15) is 17.5 Å². The molecule has 1 aliphatic rings. The minimum atomic E-state index is -1.14. The van der Waals surface area contributed by atoms with Gasteiger partial charge in [0.1, 0.15) is 11.9 Å². The van der Waals surface area contributed by atoms with Gasteiger partial charge in [-0.25, -0.2) is 13.6 Å². The lowest BCUT2D eigenvalue weighted by molar-refractivity contribution is -0.148. The summed E-state index contributed by atoms with van der Waals surface area (Å²) in [4.78, 5) is 25.4. The Kier molecular flexibility index (Phi) is 5.56. The predicted molar refractivity (Wildman–Crippen MR) is 97.2 cm³/mol. The number of hydrogen-bond acceptors (Lipinski definition) is 2. The SMILES string of the molecule is O=C(O)C(Cc1ccccc1)N1CCC(c2c(F)ccc(Cl)c2F)=CC1=O. The third kappa shape index (κ3) is 4.01. The predicted octanol–water partition coefficient (Wildman–Crippen LogP) is 3.93. The molecule has 1 unspecified atom stereocenters. The second-order valence-electron chi connectivity index (χ2n) is 6.21. The summed E-state index contributed by atoms with van der Waals surface area (Å²) in [5, 5.41) is 9.32. The second-order valence-corrected chi connectivity index (χ2v) is 6.62. The lowest BCUT2D eigenvalue weighted by Crippen LogP contribution is -2.47. The van der Waals surface area contributed by atoms with Crippen molar-refractivity contribution in [3.05, 3.63) is 76.3 Å². The van der Waals surface area contributed by atoms with Gasteiger partial charge in [-0.05, 0) is 29.7 Å². The highest BCUT2D eigenvalue weighted by Crippen LogP contribution is 2.31. The van der Waals surface area contributed by atoms with Crippen LogP contribution < -0.4 is 0 Å². The highest BCUT2D eigenvalue weighted by Gasteiger charge is 2.32. The fourth-order valence-corrected chi connectivity index (χ4v) is 3.31. The number of benzene rings is 2. The van der Waals surface area contributed by atoms with E-state index < -0.39 is 29.6 Å². The second kappa shape index (κ2) is 7.88. The molecule has 1 N–H and O–H groups in total.